The van der Waals surface area contributed by atoms with E-state index in [1.54, 1.807) is 36.1 Å². The average molecular weight is 284 g/mol. The second-order valence-corrected chi connectivity index (χ2v) is 5.23. The minimum atomic E-state index is -0.908. The minimum Gasteiger partial charge on any atom is -0.481 e. The molecule has 0 heterocycles. The van der Waals surface area contributed by atoms with Crippen LogP contribution in [0.2, 0.25) is 5.02 Å². The van der Waals surface area contributed by atoms with E-state index in [2.05, 4.69) is 0 Å². The molecule has 1 rings (SSSR count). The van der Waals surface area contributed by atoms with Crippen molar-refractivity contribution in [3.05, 3.63) is 34.9 Å². The lowest BCUT2D eigenvalue weighted by atomic mass is 10.1. The van der Waals surface area contributed by atoms with Gasteiger partial charge in [0.2, 0.25) is 0 Å². The summed E-state index contributed by atoms with van der Waals surface area (Å²) < 4.78 is 0. The van der Waals surface area contributed by atoms with Crippen LogP contribution in [-0.4, -0.2) is 34.5 Å². The molecule has 104 valence electrons. The number of rotatable bonds is 5. The van der Waals surface area contributed by atoms with Crippen molar-refractivity contribution in [1.29, 1.82) is 0 Å². The summed E-state index contributed by atoms with van der Waals surface area (Å²) in [7, 11) is 0. The number of carbonyl (C=O) groups is 2. The van der Waals surface area contributed by atoms with E-state index < -0.39 is 11.9 Å². The summed E-state index contributed by atoms with van der Waals surface area (Å²) in [6.45, 7) is 5.51. The smallest absolute Gasteiger partial charge is 0.308 e. The van der Waals surface area contributed by atoms with E-state index in [-0.39, 0.29) is 18.5 Å². The van der Waals surface area contributed by atoms with Crippen LogP contribution in [0.3, 0.4) is 0 Å². The third-order valence-corrected chi connectivity index (χ3v) is 3.12. The Balaban J connectivity index is 2.90. The molecule has 1 aromatic carbocycles. The number of benzene rings is 1. The molecule has 0 aromatic heterocycles. The number of hydrogen-bond donors (Lipinski definition) is 1. The van der Waals surface area contributed by atoms with Crippen molar-refractivity contribution in [2.75, 3.05) is 6.54 Å². The molecule has 0 fully saturated rings. The van der Waals surface area contributed by atoms with E-state index in [1.165, 1.54) is 0 Å². The summed E-state index contributed by atoms with van der Waals surface area (Å²) in [6, 6.07) is 6.52. The van der Waals surface area contributed by atoms with Crippen LogP contribution >= 0.6 is 11.6 Å². The fourth-order valence-electron chi connectivity index (χ4n) is 1.66. The van der Waals surface area contributed by atoms with Crippen LogP contribution in [0.4, 0.5) is 0 Å². The highest BCUT2D eigenvalue weighted by atomic mass is 35.5. The van der Waals surface area contributed by atoms with Gasteiger partial charge in [-0.25, -0.2) is 0 Å². The highest BCUT2D eigenvalue weighted by Crippen LogP contribution is 2.14. The Morgan fingerprint density at radius 2 is 1.74 bits per heavy atom. The molecular formula is C14H18ClNO3. The monoisotopic (exact) mass is 283 g/mol. The van der Waals surface area contributed by atoms with Gasteiger partial charge in [-0.05, 0) is 38.1 Å². The van der Waals surface area contributed by atoms with Gasteiger partial charge < -0.3 is 10.0 Å². The molecule has 0 aliphatic heterocycles. The molecule has 1 N–H and O–H groups in total. The standard InChI is InChI=1S/C14H18ClNO3/c1-9(2)16(8-10(3)14(18)19)13(17)11-4-6-12(15)7-5-11/h4-7,9-10H,8H2,1-3H3,(H,18,19). The van der Waals surface area contributed by atoms with Gasteiger partial charge in [-0.2, -0.15) is 0 Å². The first-order chi connectivity index (χ1) is 8.82. The molecule has 0 aliphatic carbocycles. The van der Waals surface area contributed by atoms with E-state index in [4.69, 9.17) is 16.7 Å². The number of carboxylic acid groups (broad SMARTS) is 1. The first-order valence-electron chi connectivity index (χ1n) is 6.12. The predicted octanol–water partition coefficient (Wildman–Crippen LogP) is 2.91. The van der Waals surface area contributed by atoms with Crippen molar-refractivity contribution in [1.82, 2.24) is 4.90 Å². The number of hydrogen-bond acceptors (Lipinski definition) is 2. The van der Waals surface area contributed by atoms with Gasteiger partial charge in [0.1, 0.15) is 0 Å². The minimum absolute atomic E-state index is 0.0648. The van der Waals surface area contributed by atoms with Crippen LogP contribution in [-0.2, 0) is 4.79 Å². The highest BCUT2D eigenvalue weighted by Gasteiger charge is 2.23. The maximum absolute atomic E-state index is 12.3. The number of amides is 1. The van der Waals surface area contributed by atoms with Crippen LogP contribution in [0, 0.1) is 5.92 Å². The molecule has 19 heavy (non-hydrogen) atoms. The molecule has 0 saturated heterocycles. The van der Waals surface area contributed by atoms with Gasteiger partial charge in [-0.1, -0.05) is 18.5 Å². The number of carbonyl (C=O) groups excluding carboxylic acids is 1. The Labute approximate surface area is 118 Å². The molecule has 1 amide bonds. The van der Waals surface area contributed by atoms with Crippen molar-refractivity contribution >= 4 is 23.5 Å². The number of halogens is 1. The lowest BCUT2D eigenvalue weighted by Gasteiger charge is -2.28. The van der Waals surface area contributed by atoms with E-state index in [0.29, 0.717) is 10.6 Å². The Morgan fingerprint density at radius 3 is 2.16 bits per heavy atom. The van der Waals surface area contributed by atoms with Gasteiger partial charge in [-0.15, -0.1) is 0 Å². The van der Waals surface area contributed by atoms with Crippen molar-refractivity contribution in [2.45, 2.75) is 26.8 Å². The SMILES string of the molecule is CC(CN(C(=O)c1ccc(Cl)cc1)C(C)C)C(=O)O. The topological polar surface area (TPSA) is 57.6 Å². The van der Waals surface area contributed by atoms with E-state index in [1.807, 2.05) is 13.8 Å². The molecule has 0 spiro atoms. The summed E-state index contributed by atoms with van der Waals surface area (Å²) in [6.07, 6.45) is 0. The molecule has 0 saturated carbocycles. The van der Waals surface area contributed by atoms with E-state index in [0.717, 1.165) is 0 Å². The summed E-state index contributed by atoms with van der Waals surface area (Å²) >= 11 is 5.78. The predicted molar refractivity (Wildman–Crippen MR) is 74.4 cm³/mol. The van der Waals surface area contributed by atoms with Gasteiger partial charge >= 0.3 is 5.97 Å². The average Bonchev–Trinajstić information content (AvgIpc) is 2.35. The van der Waals surface area contributed by atoms with Crippen LogP contribution in [0.5, 0.6) is 0 Å². The van der Waals surface area contributed by atoms with Crippen molar-refractivity contribution in [3.8, 4) is 0 Å². The molecule has 1 aromatic rings. The quantitative estimate of drug-likeness (QED) is 0.904. The summed E-state index contributed by atoms with van der Waals surface area (Å²) in [4.78, 5) is 24.8. The third-order valence-electron chi connectivity index (χ3n) is 2.87. The van der Waals surface area contributed by atoms with Gasteiger partial charge in [-0.3, -0.25) is 9.59 Å². The van der Waals surface area contributed by atoms with E-state index >= 15 is 0 Å². The third kappa shape index (κ3) is 4.24. The molecule has 5 heteroatoms. The zero-order valence-electron chi connectivity index (χ0n) is 11.3. The lowest BCUT2D eigenvalue weighted by molar-refractivity contribution is -0.141. The van der Waals surface area contributed by atoms with E-state index in [9.17, 15) is 9.59 Å². The Morgan fingerprint density at radius 1 is 1.21 bits per heavy atom. The maximum Gasteiger partial charge on any atom is 0.308 e. The summed E-state index contributed by atoms with van der Waals surface area (Å²) in [5.41, 5.74) is 0.510. The normalized spacial score (nSPS) is 12.3. The molecule has 0 aliphatic rings. The lowest BCUT2D eigenvalue weighted by Crippen LogP contribution is -2.41. The van der Waals surface area contributed by atoms with Gasteiger partial charge in [0.05, 0.1) is 5.92 Å². The number of nitrogens with zero attached hydrogens (tertiary/aromatic N) is 1. The number of carboxylic acids is 1. The van der Waals surface area contributed by atoms with Crippen molar-refractivity contribution in [3.63, 3.8) is 0 Å². The molecular weight excluding hydrogens is 266 g/mol. The number of aliphatic carboxylic acids is 1. The maximum atomic E-state index is 12.3. The van der Waals surface area contributed by atoms with Crippen LogP contribution < -0.4 is 0 Å². The summed E-state index contributed by atoms with van der Waals surface area (Å²) in [5.74, 6) is -1.69. The highest BCUT2D eigenvalue weighted by molar-refractivity contribution is 6.30. The summed E-state index contributed by atoms with van der Waals surface area (Å²) in [5, 5.41) is 9.51. The molecule has 1 unspecified atom stereocenters. The van der Waals surface area contributed by atoms with Crippen molar-refractivity contribution in [2.24, 2.45) is 5.92 Å². The van der Waals surface area contributed by atoms with Crippen LogP contribution in [0.25, 0.3) is 0 Å². The molecule has 0 radical (unpaired) electrons. The molecule has 4 nitrogen and oxygen atoms in total. The first-order valence-corrected chi connectivity index (χ1v) is 6.50. The first kappa shape index (κ1) is 15.5. The second kappa shape index (κ2) is 6.57. The zero-order chi connectivity index (χ0) is 14.6. The zero-order valence-corrected chi connectivity index (χ0v) is 12.0. The van der Waals surface area contributed by atoms with Crippen LogP contribution in [0.1, 0.15) is 31.1 Å². The molecule has 1 atom stereocenters. The Hall–Kier alpha value is -1.55. The fraction of sp³-hybridized carbons (Fsp3) is 0.429. The Bertz CT molecular complexity index is 456. The van der Waals surface area contributed by atoms with Gasteiger partial charge in [0, 0.05) is 23.2 Å². The fourth-order valence-corrected chi connectivity index (χ4v) is 1.79. The second-order valence-electron chi connectivity index (χ2n) is 4.80. The van der Waals surface area contributed by atoms with Gasteiger partial charge in [0.15, 0.2) is 0 Å². The Kier molecular flexibility index (Phi) is 5.36. The molecule has 0 bridgehead atoms. The van der Waals surface area contributed by atoms with Crippen molar-refractivity contribution < 1.29 is 14.7 Å². The van der Waals surface area contributed by atoms with Gasteiger partial charge in [0.25, 0.3) is 5.91 Å². The van der Waals surface area contributed by atoms with Crippen LogP contribution in [0.15, 0.2) is 24.3 Å². The largest absolute Gasteiger partial charge is 0.481 e.